The fraction of sp³-hybridized carbons (Fsp3) is 0.652. The van der Waals surface area contributed by atoms with E-state index in [9.17, 15) is 4.79 Å². The molecule has 1 aliphatic carbocycles. The molecule has 2 aromatic rings. The maximum Gasteiger partial charge on any atom is 0.410 e. The molecule has 7 heteroatoms. The van der Waals surface area contributed by atoms with Crippen molar-refractivity contribution in [3.8, 4) is 0 Å². The highest BCUT2D eigenvalue weighted by Gasteiger charge is 2.26. The number of nitrogens with zero attached hydrogens (tertiary/aromatic N) is 4. The van der Waals surface area contributed by atoms with Gasteiger partial charge in [0.25, 0.3) is 0 Å². The molecule has 30 heavy (non-hydrogen) atoms. The molecular weight excluding hydrogens is 380 g/mol. The molecule has 2 fully saturated rings. The van der Waals surface area contributed by atoms with Gasteiger partial charge in [0.15, 0.2) is 0 Å². The normalized spacial score (nSPS) is 18.0. The summed E-state index contributed by atoms with van der Waals surface area (Å²) in [6.45, 7) is 11.0. The Morgan fingerprint density at radius 1 is 1.13 bits per heavy atom. The van der Waals surface area contributed by atoms with Gasteiger partial charge in [0.1, 0.15) is 5.60 Å². The zero-order chi connectivity index (χ0) is 21.1. The second-order valence-electron chi connectivity index (χ2n) is 9.38. The molecule has 1 saturated heterocycles. The van der Waals surface area contributed by atoms with Crippen LogP contribution in [0.15, 0.2) is 24.3 Å². The van der Waals surface area contributed by atoms with Crippen molar-refractivity contribution < 1.29 is 14.3 Å². The molecule has 7 nitrogen and oxygen atoms in total. The molecule has 0 radical (unpaired) electrons. The van der Waals surface area contributed by atoms with Gasteiger partial charge in [-0.15, -0.1) is 0 Å². The van der Waals surface area contributed by atoms with Crippen molar-refractivity contribution in [2.75, 3.05) is 44.3 Å². The Hall–Kier alpha value is -2.28. The highest BCUT2D eigenvalue weighted by Crippen LogP contribution is 2.29. The molecule has 2 heterocycles. The Morgan fingerprint density at radius 3 is 2.70 bits per heavy atom. The number of amides is 1. The predicted octanol–water partition coefficient (Wildman–Crippen LogP) is 3.91. The number of aromatic nitrogens is 2. The van der Waals surface area contributed by atoms with E-state index in [1.807, 2.05) is 31.7 Å². The SMILES string of the molecule is CC(C)(C)OC(=O)N1CCCN(c2nc3ccccc3n2CCOCC2CC2)CC1. The average molecular weight is 415 g/mol. The van der Waals surface area contributed by atoms with E-state index >= 15 is 0 Å². The third-order valence-corrected chi connectivity index (χ3v) is 5.57. The molecule has 0 spiro atoms. The first-order valence-corrected chi connectivity index (χ1v) is 11.2. The van der Waals surface area contributed by atoms with E-state index in [0.29, 0.717) is 19.7 Å². The Morgan fingerprint density at radius 2 is 1.93 bits per heavy atom. The molecule has 1 aliphatic heterocycles. The lowest BCUT2D eigenvalue weighted by Crippen LogP contribution is -2.39. The summed E-state index contributed by atoms with van der Waals surface area (Å²) < 4.78 is 13.7. The number of carbonyl (C=O) groups excluding carboxylic acids is 1. The monoisotopic (exact) mass is 414 g/mol. The van der Waals surface area contributed by atoms with Crippen molar-refractivity contribution in [1.82, 2.24) is 14.5 Å². The van der Waals surface area contributed by atoms with Crippen molar-refractivity contribution >= 4 is 23.1 Å². The Balaban J connectivity index is 1.46. The van der Waals surface area contributed by atoms with Gasteiger partial charge in [-0.3, -0.25) is 0 Å². The molecule has 2 aliphatic rings. The molecule has 164 valence electrons. The lowest BCUT2D eigenvalue weighted by Gasteiger charge is -2.26. The largest absolute Gasteiger partial charge is 0.444 e. The highest BCUT2D eigenvalue weighted by molar-refractivity contribution is 5.79. The van der Waals surface area contributed by atoms with E-state index in [-0.39, 0.29) is 6.09 Å². The number of hydrogen-bond acceptors (Lipinski definition) is 5. The minimum absolute atomic E-state index is 0.230. The number of ether oxygens (including phenoxy) is 2. The van der Waals surface area contributed by atoms with Crippen LogP contribution in [-0.2, 0) is 16.0 Å². The minimum Gasteiger partial charge on any atom is -0.444 e. The van der Waals surface area contributed by atoms with Crippen molar-refractivity contribution in [2.45, 2.75) is 52.2 Å². The summed E-state index contributed by atoms with van der Waals surface area (Å²) in [5.41, 5.74) is 1.66. The molecule has 1 saturated carbocycles. The average Bonchev–Trinajstić information content (AvgIpc) is 3.48. The zero-order valence-electron chi connectivity index (χ0n) is 18.5. The van der Waals surface area contributed by atoms with Crippen LogP contribution in [0.2, 0.25) is 0 Å². The lowest BCUT2D eigenvalue weighted by atomic mass is 10.2. The van der Waals surface area contributed by atoms with Crippen LogP contribution >= 0.6 is 0 Å². The van der Waals surface area contributed by atoms with Gasteiger partial charge < -0.3 is 23.8 Å². The second kappa shape index (κ2) is 8.84. The summed E-state index contributed by atoms with van der Waals surface area (Å²) in [7, 11) is 0. The van der Waals surface area contributed by atoms with Crippen molar-refractivity contribution in [3.05, 3.63) is 24.3 Å². The van der Waals surface area contributed by atoms with E-state index in [4.69, 9.17) is 14.5 Å². The molecule has 1 aromatic heterocycles. The Bertz CT molecular complexity index is 869. The van der Waals surface area contributed by atoms with Crippen molar-refractivity contribution in [1.29, 1.82) is 0 Å². The third-order valence-electron chi connectivity index (χ3n) is 5.57. The summed E-state index contributed by atoms with van der Waals surface area (Å²) in [5.74, 6) is 1.74. The molecular formula is C23H34N4O3. The Labute approximate surface area is 178 Å². The van der Waals surface area contributed by atoms with Gasteiger partial charge in [0.2, 0.25) is 5.95 Å². The van der Waals surface area contributed by atoms with Crippen LogP contribution in [-0.4, -0.2) is 65.5 Å². The predicted molar refractivity (Wildman–Crippen MR) is 118 cm³/mol. The summed E-state index contributed by atoms with van der Waals surface area (Å²) >= 11 is 0. The van der Waals surface area contributed by atoms with E-state index in [1.165, 1.54) is 12.8 Å². The summed E-state index contributed by atoms with van der Waals surface area (Å²) in [5, 5.41) is 0. The maximum absolute atomic E-state index is 12.5. The standard InChI is InChI=1S/C23H34N4O3/c1-23(2,3)30-22(28)26-12-6-11-25(13-14-26)21-24-19-7-4-5-8-20(19)27(21)15-16-29-17-18-9-10-18/h4-5,7-8,18H,6,9-17H2,1-3H3. The second-order valence-corrected chi connectivity index (χ2v) is 9.38. The van der Waals surface area contributed by atoms with Crippen LogP contribution < -0.4 is 4.90 Å². The number of anilines is 1. The Kier molecular flexibility index (Phi) is 6.18. The van der Waals surface area contributed by atoms with Crippen LogP contribution in [0.3, 0.4) is 0 Å². The van der Waals surface area contributed by atoms with Gasteiger partial charge in [0.05, 0.1) is 17.6 Å². The summed E-state index contributed by atoms with van der Waals surface area (Å²) in [4.78, 5) is 21.5. The van der Waals surface area contributed by atoms with Crippen LogP contribution in [0, 0.1) is 5.92 Å². The van der Waals surface area contributed by atoms with Crippen LogP contribution in [0.4, 0.5) is 10.7 Å². The van der Waals surface area contributed by atoms with Gasteiger partial charge in [0, 0.05) is 39.3 Å². The van der Waals surface area contributed by atoms with Crippen LogP contribution in [0.1, 0.15) is 40.0 Å². The van der Waals surface area contributed by atoms with E-state index < -0.39 is 5.60 Å². The number of imidazole rings is 1. The fourth-order valence-corrected chi connectivity index (χ4v) is 3.84. The van der Waals surface area contributed by atoms with Gasteiger partial charge in [-0.1, -0.05) is 12.1 Å². The van der Waals surface area contributed by atoms with Gasteiger partial charge >= 0.3 is 6.09 Å². The first-order valence-electron chi connectivity index (χ1n) is 11.2. The van der Waals surface area contributed by atoms with Gasteiger partial charge in [-0.05, 0) is 58.1 Å². The quantitative estimate of drug-likeness (QED) is 0.671. The first-order chi connectivity index (χ1) is 14.4. The molecule has 1 amide bonds. The molecule has 4 rings (SSSR count). The fourth-order valence-electron chi connectivity index (χ4n) is 3.84. The molecule has 0 unspecified atom stereocenters. The van der Waals surface area contributed by atoms with E-state index in [1.54, 1.807) is 0 Å². The number of hydrogen-bond donors (Lipinski definition) is 0. The summed E-state index contributed by atoms with van der Waals surface area (Å²) in [6, 6.07) is 8.27. The molecule has 1 aromatic carbocycles. The van der Waals surface area contributed by atoms with E-state index in [2.05, 4.69) is 27.7 Å². The third kappa shape index (κ3) is 5.25. The number of carbonyl (C=O) groups is 1. The van der Waals surface area contributed by atoms with Gasteiger partial charge in [-0.25, -0.2) is 9.78 Å². The van der Waals surface area contributed by atoms with E-state index in [0.717, 1.165) is 55.6 Å². The smallest absolute Gasteiger partial charge is 0.410 e. The highest BCUT2D eigenvalue weighted by atomic mass is 16.6. The van der Waals surface area contributed by atoms with Crippen LogP contribution in [0.25, 0.3) is 11.0 Å². The summed E-state index contributed by atoms with van der Waals surface area (Å²) in [6.07, 6.45) is 3.27. The lowest BCUT2D eigenvalue weighted by molar-refractivity contribution is 0.0263. The first kappa shape index (κ1) is 21.0. The molecule has 0 atom stereocenters. The van der Waals surface area contributed by atoms with Crippen LogP contribution in [0.5, 0.6) is 0 Å². The molecule has 0 bridgehead atoms. The zero-order valence-corrected chi connectivity index (χ0v) is 18.5. The maximum atomic E-state index is 12.5. The number of para-hydroxylation sites is 2. The van der Waals surface area contributed by atoms with Crippen molar-refractivity contribution in [3.63, 3.8) is 0 Å². The number of fused-ring (bicyclic) bond motifs is 1. The topological polar surface area (TPSA) is 59.8 Å². The van der Waals surface area contributed by atoms with Gasteiger partial charge in [-0.2, -0.15) is 0 Å². The molecule has 0 N–H and O–H groups in total. The minimum atomic E-state index is -0.475. The number of rotatable bonds is 6. The number of benzene rings is 1. The van der Waals surface area contributed by atoms with Crippen molar-refractivity contribution in [2.24, 2.45) is 5.92 Å².